The first kappa shape index (κ1) is 15.5. The Labute approximate surface area is 117 Å². The molecular weight excluding hydrogens is 266 g/mol. The molecule has 1 aromatic rings. The molecule has 0 aliphatic heterocycles. The third kappa shape index (κ3) is 5.72. The van der Waals surface area contributed by atoms with Gasteiger partial charge in [-0.1, -0.05) is 23.7 Å². The number of amides is 2. The standard InChI is InChI=1S/C13H18ClN3O2/c1-9(10-3-5-11(14)6-4-10)17-13(19)8-16-7-12(18)15-2/h3-6,9,16H,7-8H2,1-2H3,(H,15,18)(H,17,19)/p+1/t9-/m0/s1. The average molecular weight is 285 g/mol. The predicted octanol–water partition coefficient (Wildman–Crippen LogP) is -0.173. The van der Waals surface area contributed by atoms with E-state index in [9.17, 15) is 9.59 Å². The van der Waals surface area contributed by atoms with E-state index in [-0.39, 0.29) is 30.9 Å². The van der Waals surface area contributed by atoms with Crippen LogP contribution in [-0.2, 0) is 9.59 Å². The number of halogens is 1. The molecule has 6 heteroatoms. The van der Waals surface area contributed by atoms with E-state index in [0.717, 1.165) is 5.56 Å². The van der Waals surface area contributed by atoms with Crippen molar-refractivity contribution in [2.75, 3.05) is 20.1 Å². The molecule has 0 aliphatic rings. The van der Waals surface area contributed by atoms with Gasteiger partial charge in [0.25, 0.3) is 11.8 Å². The van der Waals surface area contributed by atoms with Crippen LogP contribution in [0.25, 0.3) is 0 Å². The highest BCUT2D eigenvalue weighted by atomic mass is 35.5. The van der Waals surface area contributed by atoms with Crippen LogP contribution in [0.15, 0.2) is 24.3 Å². The van der Waals surface area contributed by atoms with Gasteiger partial charge in [0.2, 0.25) is 0 Å². The smallest absolute Gasteiger partial charge is 0.275 e. The molecule has 0 heterocycles. The molecule has 1 aromatic carbocycles. The molecule has 5 nitrogen and oxygen atoms in total. The Morgan fingerprint density at radius 1 is 1.21 bits per heavy atom. The minimum atomic E-state index is -0.105. The zero-order valence-corrected chi connectivity index (χ0v) is 11.8. The molecule has 104 valence electrons. The fraction of sp³-hybridized carbons (Fsp3) is 0.385. The highest BCUT2D eigenvalue weighted by molar-refractivity contribution is 6.30. The van der Waals surface area contributed by atoms with Crippen molar-refractivity contribution >= 4 is 23.4 Å². The van der Waals surface area contributed by atoms with Crippen LogP contribution in [0.4, 0.5) is 0 Å². The number of likely N-dealkylation sites (N-methyl/N-ethyl adjacent to an activating group) is 1. The number of benzene rings is 1. The van der Waals surface area contributed by atoms with Gasteiger partial charge in [0.15, 0.2) is 13.1 Å². The van der Waals surface area contributed by atoms with Crippen molar-refractivity contribution in [3.05, 3.63) is 34.9 Å². The summed E-state index contributed by atoms with van der Waals surface area (Å²) in [4.78, 5) is 22.6. The Morgan fingerprint density at radius 2 is 1.79 bits per heavy atom. The summed E-state index contributed by atoms with van der Waals surface area (Å²) in [6, 6.07) is 7.25. The summed E-state index contributed by atoms with van der Waals surface area (Å²) in [6.07, 6.45) is 0. The van der Waals surface area contributed by atoms with Gasteiger partial charge >= 0.3 is 0 Å². The summed E-state index contributed by atoms with van der Waals surface area (Å²) >= 11 is 5.80. The molecule has 0 saturated carbocycles. The second-order valence-corrected chi connectivity index (χ2v) is 4.65. The Balaban J connectivity index is 2.35. The van der Waals surface area contributed by atoms with Crippen LogP contribution in [0, 0.1) is 0 Å². The van der Waals surface area contributed by atoms with Crippen LogP contribution in [-0.4, -0.2) is 32.0 Å². The van der Waals surface area contributed by atoms with Crippen molar-refractivity contribution in [3.63, 3.8) is 0 Å². The van der Waals surface area contributed by atoms with Gasteiger partial charge in [0.1, 0.15) is 0 Å². The number of quaternary nitrogens is 1. The number of carbonyl (C=O) groups is 2. The van der Waals surface area contributed by atoms with Gasteiger partial charge in [-0.3, -0.25) is 9.59 Å². The quantitative estimate of drug-likeness (QED) is 0.678. The SMILES string of the molecule is CNC(=O)C[NH2+]CC(=O)N[C@@H](C)c1ccc(Cl)cc1. The molecule has 4 N–H and O–H groups in total. The first-order chi connectivity index (χ1) is 9.02. The van der Waals surface area contributed by atoms with Crippen LogP contribution < -0.4 is 16.0 Å². The van der Waals surface area contributed by atoms with E-state index < -0.39 is 0 Å². The van der Waals surface area contributed by atoms with Gasteiger partial charge < -0.3 is 16.0 Å². The van der Waals surface area contributed by atoms with Gasteiger partial charge in [0, 0.05) is 12.1 Å². The molecule has 2 amide bonds. The van der Waals surface area contributed by atoms with E-state index >= 15 is 0 Å². The Morgan fingerprint density at radius 3 is 2.37 bits per heavy atom. The van der Waals surface area contributed by atoms with E-state index in [2.05, 4.69) is 10.6 Å². The number of carbonyl (C=O) groups excluding carboxylic acids is 2. The fourth-order valence-electron chi connectivity index (χ4n) is 1.57. The lowest BCUT2D eigenvalue weighted by molar-refractivity contribution is -0.633. The lowest BCUT2D eigenvalue weighted by atomic mass is 10.1. The van der Waals surface area contributed by atoms with E-state index in [1.54, 1.807) is 24.5 Å². The zero-order valence-electron chi connectivity index (χ0n) is 11.1. The van der Waals surface area contributed by atoms with Gasteiger partial charge in [-0.15, -0.1) is 0 Å². The minimum absolute atomic E-state index is 0.0850. The largest absolute Gasteiger partial charge is 0.354 e. The first-order valence-corrected chi connectivity index (χ1v) is 6.47. The van der Waals surface area contributed by atoms with E-state index in [1.807, 2.05) is 19.1 Å². The number of nitrogens with one attached hydrogen (secondary N) is 2. The normalized spacial score (nSPS) is 11.7. The summed E-state index contributed by atoms with van der Waals surface area (Å²) in [5, 5.41) is 7.68. The highest BCUT2D eigenvalue weighted by Crippen LogP contribution is 2.15. The third-order valence-electron chi connectivity index (χ3n) is 2.69. The second kappa shape index (κ2) is 7.76. The maximum atomic E-state index is 11.7. The summed E-state index contributed by atoms with van der Waals surface area (Å²) < 4.78 is 0. The van der Waals surface area contributed by atoms with Crippen LogP contribution in [0.5, 0.6) is 0 Å². The molecule has 0 aromatic heterocycles. The fourth-order valence-corrected chi connectivity index (χ4v) is 1.70. The Hall–Kier alpha value is -1.59. The lowest BCUT2D eigenvalue weighted by Gasteiger charge is -2.13. The number of hydrogen-bond acceptors (Lipinski definition) is 2. The topological polar surface area (TPSA) is 74.8 Å². The molecule has 0 saturated heterocycles. The minimum Gasteiger partial charge on any atom is -0.354 e. The summed E-state index contributed by atoms with van der Waals surface area (Å²) in [5.41, 5.74) is 0.990. The lowest BCUT2D eigenvalue weighted by Crippen LogP contribution is -2.88. The van der Waals surface area contributed by atoms with Crippen molar-refractivity contribution in [3.8, 4) is 0 Å². The Bertz CT molecular complexity index is 434. The molecule has 19 heavy (non-hydrogen) atoms. The summed E-state index contributed by atoms with van der Waals surface area (Å²) in [5.74, 6) is -0.204. The maximum absolute atomic E-state index is 11.7. The van der Waals surface area contributed by atoms with Crippen molar-refractivity contribution in [1.82, 2.24) is 10.6 Å². The van der Waals surface area contributed by atoms with Crippen LogP contribution in [0.1, 0.15) is 18.5 Å². The first-order valence-electron chi connectivity index (χ1n) is 6.10. The molecule has 1 atom stereocenters. The molecule has 0 radical (unpaired) electrons. The summed E-state index contributed by atoms with van der Waals surface area (Å²) in [6.45, 7) is 2.38. The van der Waals surface area contributed by atoms with E-state index in [0.29, 0.717) is 5.02 Å². The van der Waals surface area contributed by atoms with Gasteiger partial charge in [-0.2, -0.15) is 0 Å². The van der Waals surface area contributed by atoms with Crippen molar-refractivity contribution in [2.45, 2.75) is 13.0 Å². The molecule has 1 rings (SSSR count). The number of nitrogens with two attached hydrogens (primary N) is 1. The number of hydrogen-bond donors (Lipinski definition) is 3. The highest BCUT2D eigenvalue weighted by Gasteiger charge is 2.11. The van der Waals surface area contributed by atoms with Crippen LogP contribution in [0.3, 0.4) is 0 Å². The molecule has 0 aliphatic carbocycles. The zero-order chi connectivity index (χ0) is 14.3. The van der Waals surface area contributed by atoms with E-state index in [4.69, 9.17) is 11.6 Å². The van der Waals surface area contributed by atoms with Crippen molar-refractivity contribution in [2.24, 2.45) is 0 Å². The Kier molecular flexibility index (Phi) is 6.32. The number of rotatable bonds is 6. The monoisotopic (exact) mass is 284 g/mol. The molecule has 0 fully saturated rings. The second-order valence-electron chi connectivity index (χ2n) is 4.21. The molecule has 0 unspecified atom stereocenters. The molecule has 0 bridgehead atoms. The third-order valence-corrected chi connectivity index (χ3v) is 2.94. The van der Waals surface area contributed by atoms with Crippen molar-refractivity contribution < 1.29 is 14.9 Å². The van der Waals surface area contributed by atoms with Gasteiger partial charge in [-0.25, -0.2) is 0 Å². The van der Waals surface area contributed by atoms with E-state index in [1.165, 1.54) is 0 Å². The van der Waals surface area contributed by atoms with Gasteiger partial charge in [-0.05, 0) is 24.6 Å². The maximum Gasteiger partial charge on any atom is 0.275 e. The molecular formula is C13H19ClN3O2+. The van der Waals surface area contributed by atoms with Crippen LogP contribution >= 0.6 is 11.6 Å². The molecule has 0 spiro atoms. The van der Waals surface area contributed by atoms with Crippen LogP contribution in [0.2, 0.25) is 5.02 Å². The predicted molar refractivity (Wildman–Crippen MR) is 73.7 cm³/mol. The van der Waals surface area contributed by atoms with Crippen molar-refractivity contribution in [1.29, 1.82) is 0 Å². The summed E-state index contributed by atoms with van der Waals surface area (Å²) in [7, 11) is 1.57. The van der Waals surface area contributed by atoms with Gasteiger partial charge in [0.05, 0.1) is 6.04 Å². The average Bonchev–Trinajstić information content (AvgIpc) is 2.39.